The Morgan fingerprint density at radius 3 is 2.28 bits per heavy atom. The molecule has 0 aliphatic carbocycles. The van der Waals surface area contributed by atoms with E-state index < -0.39 is 5.54 Å². The van der Waals surface area contributed by atoms with E-state index >= 15 is 0 Å². The van der Waals surface area contributed by atoms with Crippen LogP contribution < -0.4 is 5.73 Å². The first-order chi connectivity index (χ1) is 8.40. The lowest BCUT2D eigenvalue weighted by Crippen LogP contribution is -2.58. The number of hydrogen-bond donors (Lipinski definition) is 1. The molecular weight excluding hydrogens is 234 g/mol. The highest BCUT2D eigenvalue weighted by Crippen LogP contribution is 2.12. The van der Waals surface area contributed by atoms with Crippen LogP contribution in [-0.2, 0) is 14.3 Å². The van der Waals surface area contributed by atoms with Gasteiger partial charge in [-0.15, -0.1) is 0 Å². The lowest BCUT2D eigenvalue weighted by molar-refractivity contribution is -0.143. The van der Waals surface area contributed by atoms with Gasteiger partial charge in [-0.05, 0) is 13.3 Å². The Morgan fingerprint density at radius 1 is 1.28 bits per heavy atom. The summed E-state index contributed by atoms with van der Waals surface area (Å²) in [4.78, 5) is 27.0. The highest BCUT2D eigenvalue weighted by atomic mass is 16.5. The molecule has 2 N–H and O–H groups in total. The largest absolute Gasteiger partial charge is 0.468 e. The van der Waals surface area contributed by atoms with Crippen LogP contribution in [0.5, 0.6) is 0 Å². The van der Waals surface area contributed by atoms with E-state index in [-0.39, 0.29) is 18.4 Å². The fourth-order valence-corrected chi connectivity index (χ4v) is 1.87. The molecule has 1 heterocycles. The van der Waals surface area contributed by atoms with Gasteiger partial charge in [-0.3, -0.25) is 14.5 Å². The summed E-state index contributed by atoms with van der Waals surface area (Å²) in [5.41, 5.74) is 5.16. The van der Waals surface area contributed by atoms with E-state index in [0.29, 0.717) is 32.6 Å². The predicted octanol–water partition coefficient (Wildman–Crippen LogP) is -0.569. The van der Waals surface area contributed by atoms with Crippen molar-refractivity contribution in [3.63, 3.8) is 0 Å². The van der Waals surface area contributed by atoms with Crippen LogP contribution in [-0.4, -0.2) is 67.0 Å². The lowest BCUT2D eigenvalue weighted by atomic mass is 9.98. The number of methoxy groups -OCH3 is 1. The van der Waals surface area contributed by atoms with Crippen molar-refractivity contribution >= 4 is 11.9 Å². The Morgan fingerprint density at radius 2 is 1.83 bits per heavy atom. The molecule has 1 amide bonds. The van der Waals surface area contributed by atoms with Gasteiger partial charge in [0.05, 0.1) is 19.2 Å². The van der Waals surface area contributed by atoms with Gasteiger partial charge < -0.3 is 15.4 Å². The lowest BCUT2D eigenvalue weighted by Gasteiger charge is -2.37. The summed E-state index contributed by atoms with van der Waals surface area (Å²) >= 11 is 0. The van der Waals surface area contributed by atoms with Crippen LogP contribution in [0.1, 0.15) is 20.3 Å². The number of nitrogens with two attached hydrogens (primary N) is 1. The zero-order valence-electron chi connectivity index (χ0n) is 11.4. The molecule has 18 heavy (non-hydrogen) atoms. The number of hydrogen-bond acceptors (Lipinski definition) is 5. The maximum Gasteiger partial charge on any atom is 0.319 e. The number of amides is 1. The smallest absolute Gasteiger partial charge is 0.319 e. The fourth-order valence-electron chi connectivity index (χ4n) is 1.87. The second-order valence-electron chi connectivity index (χ2n) is 4.92. The monoisotopic (exact) mass is 257 g/mol. The average molecular weight is 257 g/mol. The molecule has 0 bridgehead atoms. The van der Waals surface area contributed by atoms with Gasteiger partial charge in [-0.25, -0.2) is 0 Å². The molecule has 0 radical (unpaired) electrons. The summed E-state index contributed by atoms with van der Waals surface area (Å²) in [5.74, 6) is -0.255. The Kier molecular flexibility index (Phi) is 5.10. The van der Waals surface area contributed by atoms with E-state index in [1.54, 1.807) is 11.8 Å². The third-order valence-corrected chi connectivity index (χ3v) is 3.46. The minimum Gasteiger partial charge on any atom is -0.468 e. The summed E-state index contributed by atoms with van der Waals surface area (Å²) in [6.07, 6.45) is 0.619. The SMILES string of the molecule is CCC(C)(N)C(=O)N1CCN(CC(=O)OC)CC1. The van der Waals surface area contributed by atoms with Gasteiger partial charge in [0.15, 0.2) is 0 Å². The highest BCUT2D eigenvalue weighted by molar-refractivity contribution is 5.85. The Balaban J connectivity index is 2.44. The standard InChI is InChI=1S/C12H23N3O3/c1-4-12(2,13)11(17)15-7-5-14(6-8-15)9-10(16)18-3/h4-9,13H2,1-3H3. The van der Waals surface area contributed by atoms with Gasteiger partial charge in [0, 0.05) is 26.2 Å². The van der Waals surface area contributed by atoms with Gasteiger partial charge in [0.2, 0.25) is 5.91 Å². The van der Waals surface area contributed by atoms with Crippen LogP contribution in [0.3, 0.4) is 0 Å². The quantitative estimate of drug-likeness (QED) is 0.683. The molecule has 1 aliphatic rings. The van der Waals surface area contributed by atoms with Crippen molar-refractivity contribution in [1.82, 2.24) is 9.80 Å². The first-order valence-electron chi connectivity index (χ1n) is 6.28. The third kappa shape index (κ3) is 3.68. The number of esters is 1. The molecule has 1 fully saturated rings. The van der Waals surface area contributed by atoms with Gasteiger partial charge >= 0.3 is 5.97 Å². The number of carbonyl (C=O) groups excluding carboxylic acids is 2. The van der Waals surface area contributed by atoms with Crippen LogP contribution >= 0.6 is 0 Å². The second kappa shape index (κ2) is 6.15. The van der Waals surface area contributed by atoms with E-state index in [9.17, 15) is 9.59 Å². The molecule has 0 saturated carbocycles. The van der Waals surface area contributed by atoms with Crippen LogP contribution in [0.2, 0.25) is 0 Å². The summed E-state index contributed by atoms with van der Waals surface area (Å²) in [6.45, 7) is 6.54. The predicted molar refractivity (Wildman–Crippen MR) is 67.9 cm³/mol. The number of nitrogens with zero attached hydrogens (tertiary/aromatic N) is 2. The molecule has 0 aromatic carbocycles. The van der Waals surface area contributed by atoms with E-state index in [0.717, 1.165) is 0 Å². The topological polar surface area (TPSA) is 75.9 Å². The number of carbonyl (C=O) groups is 2. The third-order valence-electron chi connectivity index (χ3n) is 3.46. The molecule has 0 aromatic rings. The highest BCUT2D eigenvalue weighted by Gasteiger charge is 2.32. The summed E-state index contributed by atoms with van der Waals surface area (Å²) < 4.78 is 4.62. The molecule has 1 rings (SSSR count). The van der Waals surface area contributed by atoms with Crippen LogP contribution in [0, 0.1) is 0 Å². The van der Waals surface area contributed by atoms with Crippen molar-refractivity contribution in [1.29, 1.82) is 0 Å². The maximum atomic E-state index is 12.1. The summed E-state index contributed by atoms with van der Waals surface area (Å²) in [5, 5.41) is 0. The average Bonchev–Trinajstić information content (AvgIpc) is 2.38. The normalized spacial score (nSPS) is 20.3. The van der Waals surface area contributed by atoms with Crippen LogP contribution in [0.4, 0.5) is 0 Å². The molecule has 0 spiro atoms. The number of rotatable bonds is 4. The molecule has 0 aromatic heterocycles. The van der Waals surface area contributed by atoms with Crippen LogP contribution in [0.25, 0.3) is 0 Å². The van der Waals surface area contributed by atoms with Crippen molar-refractivity contribution in [2.45, 2.75) is 25.8 Å². The zero-order valence-corrected chi connectivity index (χ0v) is 11.4. The summed E-state index contributed by atoms with van der Waals surface area (Å²) in [7, 11) is 1.38. The van der Waals surface area contributed by atoms with Crippen molar-refractivity contribution in [3.05, 3.63) is 0 Å². The minimum atomic E-state index is -0.787. The fraction of sp³-hybridized carbons (Fsp3) is 0.833. The Labute approximate surface area is 108 Å². The van der Waals surface area contributed by atoms with Crippen LogP contribution in [0.15, 0.2) is 0 Å². The maximum absolute atomic E-state index is 12.1. The first-order valence-corrected chi connectivity index (χ1v) is 6.28. The molecule has 6 nitrogen and oxygen atoms in total. The van der Waals surface area contributed by atoms with Gasteiger partial charge in [-0.2, -0.15) is 0 Å². The number of piperazine rings is 1. The van der Waals surface area contributed by atoms with Crippen molar-refractivity contribution in [3.8, 4) is 0 Å². The molecule has 104 valence electrons. The molecule has 1 unspecified atom stereocenters. The van der Waals surface area contributed by atoms with Crippen molar-refractivity contribution < 1.29 is 14.3 Å². The van der Waals surface area contributed by atoms with Crippen molar-refractivity contribution in [2.75, 3.05) is 39.8 Å². The van der Waals surface area contributed by atoms with Gasteiger partial charge in [0.25, 0.3) is 0 Å². The Bertz CT molecular complexity index is 310. The van der Waals surface area contributed by atoms with E-state index in [1.807, 2.05) is 11.8 Å². The van der Waals surface area contributed by atoms with E-state index in [1.165, 1.54) is 7.11 Å². The molecule has 1 atom stereocenters. The zero-order chi connectivity index (χ0) is 13.8. The molecule has 6 heteroatoms. The van der Waals surface area contributed by atoms with Gasteiger partial charge in [0.1, 0.15) is 0 Å². The van der Waals surface area contributed by atoms with Gasteiger partial charge in [-0.1, -0.05) is 6.92 Å². The first kappa shape index (κ1) is 14.9. The van der Waals surface area contributed by atoms with Crippen molar-refractivity contribution in [2.24, 2.45) is 5.73 Å². The summed E-state index contributed by atoms with van der Waals surface area (Å²) in [6, 6.07) is 0. The molecule has 1 saturated heterocycles. The second-order valence-corrected chi connectivity index (χ2v) is 4.92. The van der Waals surface area contributed by atoms with E-state index in [4.69, 9.17) is 5.73 Å². The number of ether oxygens (including phenoxy) is 1. The minimum absolute atomic E-state index is 0.0114. The molecular formula is C12H23N3O3. The molecule has 1 aliphatic heterocycles. The van der Waals surface area contributed by atoms with E-state index in [2.05, 4.69) is 4.74 Å². The Hall–Kier alpha value is -1.14.